The van der Waals surface area contributed by atoms with Crippen LogP contribution in [-0.2, 0) is 0 Å². The maximum absolute atomic E-state index is 5.12. The molecule has 0 fully saturated rings. The van der Waals surface area contributed by atoms with Crippen LogP contribution in [0, 0.1) is 5.92 Å². The first-order valence-electron chi connectivity index (χ1n) is 15.5. The first-order chi connectivity index (χ1) is 22.3. The Morgan fingerprint density at radius 1 is 0.578 bits per heavy atom. The van der Waals surface area contributed by atoms with Crippen LogP contribution >= 0.6 is 0 Å². The van der Waals surface area contributed by atoms with E-state index in [-0.39, 0.29) is 5.92 Å². The quantitative estimate of drug-likeness (QED) is 0.209. The zero-order valence-corrected chi connectivity index (χ0v) is 24.6. The highest BCUT2D eigenvalue weighted by molar-refractivity contribution is 5.97. The molecule has 1 aliphatic heterocycles. The van der Waals surface area contributed by atoms with Crippen molar-refractivity contribution in [2.75, 3.05) is 4.90 Å². The molecule has 2 atom stereocenters. The summed E-state index contributed by atoms with van der Waals surface area (Å²) < 4.78 is 0. The predicted molar refractivity (Wildman–Crippen MR) is 185 cm³/mol. The molecule has 0 spiro atoms. The van der Waals surface area contributed by atoms with Crippen molar-refractivity contribution in [2.45, 2.75) is 5.92 Å². The Hall–Kier alpha value is -5.80. The average molecular weight is 576 g/mol. The van der Waals surface area contributed by atoms with E-state index < -0.39 is 0 Å². The second-order valence-corrected chi connectivity index (χ2v) is 11.8. The lowest BCUT2D eigenvalue weighted by Crippen LogP contribution is -2.21. The van der Waals surface area contributed by atoms with Gasteiger partial charge in [0.25, 0.3) is 0 Å². The average Bonchev–Trinajstić information content (AvgIpc) is 3.48. The summed E-state index contributed by atoms with van der Waals surface area (Å²) in [6, 6.07) is 44.9. The molecule has 45 heavy (non-hydrogen) atoms. The summed E-state index contributed by atoms with van der Waals surface area (Å²) in [7, 11) is 0. The smallest absolute Gasteiger partial charge is 0.160 e. The van der Waals surface area contributed by atoms with Crippen LogP contribution in [0.4, 0.5) is 11.4 Å². The van der Waals surface area contributed by atoms with Gasteiger partial charge < -0.3 is 4.90 Å². The van der Waals surface area contributed by atoms with Gasteiger partial charge in [0.15, 0.2) is 5.82 Å². The fraction of sp³-hybridized carbons (Fsp3) is 0.0476. The Labute approximate surface area is 262 Å². The molecule has 3 aliphatic rings. The minimum absolute atomic E-state index is 0.240. The summed E-state index contributed by atoms with van der Waals surface area (Å²) in [6.07, 6.45) is 13.6. The van der Waals surface area contributed by atoms with Gasteiger partial charge in [-0.05, 0) is 52.3 Å². The van der Waals surface area contributed by atoms with E-state index in [1.54, 1.807) is 0 Å². The lowest BCUT2D eigenvalue weighted by atomic mass is 9.75. The van der Waals surface area contributed by atoms with E-state index in [0.29, 0.717) is 5.92 Å². The number of fused-ring (bicyclic) bond motifs is 7. The number of hydrogen-bond donors (Lipinski definition) is 0. The molecule has 2 unspecified atom stereocenters. The van der Waals surface area contributed by atoms with Gasteiger partial charge in [0.1, 0.15) is 0 Å². The number of rotatable bonds is 4. The number of hydrogen-bond acceptors (Lipinski definition) is 3. The zero-order valence-electron chi connectivity index (χ0n) is 24.6. The molecule has 5 aromatic carbocycles. The zero-order chi connectivity index (χ0) is 29.7. The predicted octanol–water partition coefficient (Wildman–Crippen LogP) is 10.4. The SMILES string of the molecule is C1=CC2=CC=C3C(c4c(ccc5ccccc45)N3c3cccc(-c4cc(-c5ccccc5)nc(-c5ccccc5)n4)c3)C2C=C1. The third-order valence-corrected chi connectivity index (χ3v) is 9.21. The lowest BCUT2D eigenvalue weighted by molar-refractivity contribution is 0.654. The molecular formula is C42H29N3. The van der Waals surface area contributed by atoms with Crippen LogP contribution < -0.4 is 4.90 Å². The van der Waals surface area contributed by atoms with Gasteiger partial charge in [-0.2, -0.15) is 0 Å². The highest BCUT2D eigenvalue weighted by Gasteiger charge is 2.42. The monoisotopic (exact) mass is 575 g/mol. The van der Waals surface area contributed by atoms with E-state index in [4.69, 9.17) is 9.97 Å². The van der Waals surface area contributed by atoms with Gasteiger partial charge in [-0.15, -0.1) is 0 Å². The van der Waals surface area contributed by atoms with Crippen molar-refractivity contribution in [1.29, 1.82) is 0 Å². The van der Waals surface area contributed by atoms with E-state index >= 15 is 0 Å². The molecule has 2 heterocycles. The maximum atomic E-state index is 5.12. The van der Waals surface area contributed by atoms with Gasteiger partial charge in [-0.3, -0.25) is 0 Å². The molecule has 0 bridgehead atoms. The number of anilines is 2. The summed E-state index contributed by atoms with van der Waals surface area (Å²) in [5.74, 6) is 1.26. The fourth-order valence-corrected chi connectivity index (χ4v) is 7.16. The first-order valence-corrected chi connectivity index (χ1v) is 15.5. The van der Waals surface area contributed by atoms with E-state index in [1.165, 1.54) is 33.3 Å². The van der Waals surface area contributed by atoms with Gasteiger partial charge in [-0.1, -0.05) is 134 Å². The molecule has 3 nitrogen and oxygen atoms in total. The van der Waals surface area contributed by atoms with Gasteiger partial charge in [0, 0.05) is 39.9 Å². The summed E-state index contributed by atoms with van der Waals surface area (Å²) in [6.45, 7) is 0. The second-order valence-electron chi connectivity index (χ2n) is 11.8. The van der Waals surface area contributed by atoms with E-state index in [9.17, 15) is 0 Å². The van der Waals surface area contributed by atoms with Crippen LogP contribution in [0.3, 0.4) is 0 Å². The van der Waals surface area contributed by atoms with Crippen LogP contribution in [0.2, 0.25) is 0 Å². The van der Waals surface area contributed by atoms with Crippen LogP contribution in [0.5, 0.6) is 0 Å². The highest BCUT2D eigenvalue weighted by atomic mass is 15.2. The summed E-state index contributed by atoms with van der Waals surface area (Å²) >= 11 is 0. The largest absolute Gasteiger partial charge is 0.313 e. The van der Waals surface area contributed by atoms with Gasteiger partial charge in [-0.25, -0.2) is 9.97 Å². The first kappa shape index (κ1) is 25.7. The molecule has 0 amide bonds. The van der Waals surface area contributed by atoms with Gasteiger partial charge in [0.2, 0.25) is 0 Å². The Kier molecular flexibility index (Phi) is 5.95. The summed E-state index contributed by atoms with van der Waals surface area (Å²) in [5.41, 5.74) is 11.4. The van der Waals surface area contributed by atoms with E-state index in [1.807, 2.05) is 24.3 Å². The highest BCUT2D eigenvalue weighted by Crippen LogP contribution is 2.56. The molecule has 1 aromatic heterocycles. The van der Waals surface area contributed by atoms with Crippen molar-refractivity contribution >= 4 is 22.1 Å². The second kappa shape index (κ2) is 10.4. The Balaban J connectivity index is 1.22. The molecule has 212 valence electrons. The molecule has 6 aromatic rings. The van der Waals surface area contributed by atoms with Gasteiger partial charge in [0.05, 0.1) is 17.1 Å². The Morgan fingerprint density at radius 2 is 1.31 bits per heavy atom. The molecule has 3 heteroatoms. The number of allylic oxidation sites excluding steroid dienone is 8. The lowest BCUT2D eigenvalue weighted by Gasteiger charge is -2.31. The molecule has 0 radical (unpaired) electrons. The minimum Gasteiger partial charge on any atom is -0.313 e. The standard InChI is InChI=1S/C42H29N3/c1-3-14-30(15-4-1)36-27-37(44-42(43-36)31-16-5-2-6-17-31)32-18-11-19-33(26-32)45-38-24-22-28-12-7-9-20-34(28)40(38)41-35-21-10-8-13-29(35)23-25-39(41)45/h1-27,34,40H. The van der Waals surface area contributed by atoms with Crippen molar-refractivity contribution in [1.82, 2.24) is 9.97 Å². The molecule has 2 aliphatic carbocycles. The third kappa shape index (κ3) is 4.28. The molecule has 9 rings (SSSR count). The van der Waals surface area contributed by atoms with Crippen LogP contribution in [0.25, 0.3) is 44.7 Å². The molecule has 0 N–H and O–H groups in total. The van der Waals surface area contributed by atoms with Crippen LogP contribution in [-0.4, -0.2) is 9.97 Å². The normalized spacial score (nSPS) is 17.8. The van der Waals surface area contributed by atoms with E-state index in [0.717, 1.165) is 39.6 Å². The van der Waals surface area contributed by atoms with Gasteiger partial charge >= 0.3 is 0 Å². The third-order valence-electron chi connectivity index (χ3n) is 9.21. The van der Waals surface area contributed by atoms with Crippen LogP contribution in [0.15, 0.2) is 175 Å². The molecular weight excluding hydrogens is 546 g/mol. The Morgan fingerprint density at radius 3 is 2.16 bits per heavy atom. The fourth-order valence-electron chi connectivity index (χ4n) is 7.16. The van der Waals surface area contributed by atoms with Crippen LogP contribution in [0.1, 0.15) is 11.5 Å². The number of nitrogens with zero attached hydrogens (tertiary/aromatic N) is 3. The summed E-state index contributed by atoms with van der Waals surface area (Å²) in [5, 5.41) is 2.60. The number of benzene rings is 5. The minimum atomic E-state index is 0.240. The van der Waals surface area contributed by atoms with Crippen molar-refractivity contribution in [3.05, 3.63) is 181 Å². The maximum Gasteiger partial charge on any atom is 0.160 e. The van der Waals surface area contributed by atoms with Crippen molar-refractivity contribution < 1.29 is 0 Å². The van der Waals surface area contributed by atoms with E-state index in [2.05, 4.69) is 144 Å². The van der Waals surface area contributed by atoms with Crippen molar-refractivity contribution in [3.8, 4) is 33.9 Å². The van der Waals surface area contributed by atoms with Crippen molar-refractivity contribution in [3.63, 3.8) is 0 Å². The topological polar surface area (TPSA) is 29.0 Å². The van der Waals surface area contributed by atoms with Crippen molar-refractivity contribution in [2.24, 2.45) is 5.92 Å². The molecule has 0 saturated carbocycles. The Bertz CT molecular complexity index is 2170. The number of aromatic nitrogens is 2. The summed E-state index contributed by atoms with van der Waals surface area (Å²) in [4.78, 5) is 12.6. The molecule has 0 saturated heterocycles.